The van der Waals surface area contributed by atoms with Crippen LogP contribution in [0.1, 0.15) is 49.8 Å². The van der Waals surface area contributed by atoms with E-state index in [1.54, 1.807) is 7.11 Å². The summed E-state index contributed by atoms with van der Waals surface area (Å²) in [5, 5.41) is 3.05. The van der Waals surface area contributed by atoms with Crippen molar-refractivity contribution in [1.29, 1.82) is 0 Å². The summed E-state index contributed by atoms with van der Waals surface area (Å²) >= 11 is 0. The van der Waals surface area contributed by atoms with Gasteiger partial charge in [-0.05, 0) is 43.0 Å². The van der Waals surface area contributed by atoms with Gasteiger partial charge in [-0.3, -0.25) is 4.79 Å². The molecule has 1 aliphatic rings. The smallest absolute Gasteiger partial charge is 0.240 e. The first-order chi connectivity index (χ1) is 13.0. The molecular weight excluding hydrogens is 340 g/mol. The van der Waals surface area contributed by atoms with Crippen LogP contribution in [0, 0.1) is 0 Å². The minimum absolute atomic E-state index is 0.0733. The second kappa shape index (κ2) is 8.44. The SMILES string of the molecule is COc1cc(C(C)NC(=O)C2(N)CCCC2)ccc1OCc1ccccc1. The molecule has 1 amide bonds. The van der Waals surface area contributed by atoms with E-state index in [1.165, 1.54) is 0 Å². The lowest BCUT2D eigenvalue weighted by Gasteiger charge is -2.25. The summed E-state index contributed by atoms with van der Waals surface area (Å²) in [6, 6.07) is 15.6. The number of nitrogens with two attached hydrogens (primary N) is 1. The Hall–Kier alpha value is -2.53. The summed E-state index contributed by atoms with van der Waals surface area (Å²) in [4.78, 5) is 12.5. The van der Waals surface area contributed by atoms with E-state index in [2.05, 4.69) is 5.32 Å². The normalized spacial score (nSPS) is 16.6. The van der Waals surface area contributed by atoms with E-state index in [9.17, 15) is 4.79 Å². The average molecular weight is 368 g/mol. The number of hydrogen-bond acceptors (Lipinski definition) is 4. The van der Waals surface area contributed by atoms with Crippen LogP contribution in [0.25, 0.3) is 0 Å². The molecule has 0 aliphatic heterocycles. The first-order valence-corrected chi connectivity index (χ1v) is 9.46. The lowest BCUT2D eigenvalue weighted by atomic mass is 9.97. The highest BCUT2D eigenvalue weighted by molar-refractivity contribution is 5.86. The molecule has 1 saturated carbocycles. The van der Waals surface area contributed by atoms with Crippen molar-refractivity contribution in [2.45, 2.75) is 50.8 Å². The molecule has 5 heteroatoms. The second-order valence-electron chi connectivity index (χ2n) is 7.24. The molecule has 0 saturated heterocycles. The van der Waals surface area contributed by atoms with Crippen LogP contribution in [-0.2, 0) is 11.4 Å². The summed E-state index contributed by atoms with van der Waals surface area (Å²) in [5.74, 6) is 1.25. The van der Waals surface area contributed by atoms with Gasteiger partial charge >= 0.3 is 0 Å². The molecule has 0 radical (unpaired) electrons. The zero-order valence-corrected chi connectivity index (χ0v) is 16.0. The number of methoxy groups -OCH3 is 1. The van der Waals surface area contributed by atoms with Crippen molar-refractivity contribution in [2.75, 3.05) is 7.11 Å². The van der Waals surface area contributed by atoms with Crippen LogP contribution in [0.3, 0.4) is 0 Å². The Bertz CT molecular complexity index is 770. The van der Waals surface area contributed by atoms with Crippen LogP contribution in [0.15, 0.2) is 48.5 Å². The maximum atomic E-state index is 12.5. The van der Waals surface area contributed by atoms with Crippen molar-refractivity contribution in [3.05, 3.63) is 59.7 Å². The minimum Gasteiger partial charge on any atom is -0.493 e. The summed E-state index contributed by atoms with van der Waals surface area (Å²) in [6.07, 6.45) is 3.53. The topological polar surface area (TPSA) is 73.6 Å². The molecule has 144 valence electrons. The Balaban J connectivity index is 1.66. The standard InChI is InChI=1S/C22H28N2O3/c1-16(24-21(25)22(23)12-6-7-13-22)18-10-11-19(20(14-18)26-2)27-15-17-8-4-3-5-9-17/h3-5,8-11,14,16H,6-7,12-13,15,23H2,1-2H3,(H,24,25). The predicted molar refractivity (Wildman–Crippen MR) is 106 cm³/mol. The Kier molecular flexibility index (Phi) is 6.01. The molecule has 0 spiro atoms. The molecule has 1 fully saturated rings. The van der Waals surface area contributed by atoms with E-state index in [0.717, 1.165) is 36.8 Å². The van der Waals surface area contributed by atoms with Crippen molar-refractivity contribution in [1.82, 2.24) is 5.32 Å². The van der Waals surface area contributed by atoms with Crippen LogP contribution in [0.5, 0.6) is 11.5 Å². The highest BCUT2D eigenvalue weighted by atomic mass is 16.5. The van der Waals surface area contributed by atoms with E-state index >= 15 is 0 Å². The third kappa shape index (κ3) is 4.61. The van der Waals surface area contributed by atoms with Gasteiger partial charge in [-0.2, -0.15) is 0 Å². The Morgan fingerprint density at radius 2 is 1.85 bits per heavy atom. The van der Waals surface area contributed by atoms with Crippen molar-refractivity contribution >= 4 is 5.91 Å². The van der Waals surface area contributed by atoms with Gasteiger partial charge in [-0.25, -0.2) is 0 Å². The van der Waals surface area contributed by atoms with Crippen LogP contribution >= 0.6 is 0 Å². The Morgan fingerprint density at radius 1 is 1.15 bits per heavy atom. The molecule has 0 heterocycles. The summed E-state index contributed by atoms with van der Waals surface area (Å²) in [7, 11) is 1.62. The third-order valence-corrected chi connectivity index (χ3v) is 5.22. The molecule has 2 aromatic carbocycles. The van der Waals surface area contributed by atoms with Crippen LogP contribution < -0.4 is 20.5 Å². The summed E-state index contributed by atoms with van der Waals surface area (Å²) < 4.78 is 11.4. The van der Waals surface area contributed by atoms with Crippen LogP contribution in [0.2, 0.25) is 0 Å². The average Bonchev–Trinajstić information content (AvgIpc) is 3.15. The lowest BCUT2D eigenvalue weighted by molar-refractivity contribution is -0.126. The largest absolute Gasteiger partial charge is 0.493 e. The van der Waals surface area contributed by atoms with Crippen molar-refractivity contribution in [2.24, 2.45) is 5.73 Å². The molecule has 3 rings (SSSR count). The maximum Gasteiger partial charge on any atom is 0.240 e. The summed E-state index contributed by atoms with van der Waals surface area (Å²) in [6.45, 7) is 2.42. The van der Waals surface area contributed by atoms with E-state index in [-0.39, 0.29) is 11.9 Å². The number of nitrogens with one attached hydrogen (secondary N) is 1. The third-order valence-electron chi connectivity index (χ3n) is 5.22. The zero-order chi connectivity index (χ0) is 19.3. The van der Waals surface area contributed by atoms with Crippen LogP contribution in [0.4, 0.5) is 0 Å². The molecule has 3 N–H and O–H groups in total. The molecular formula is C22H28N2O3. The fourth-order valence-electron chi connectivity index (χ4n) is 3.46. The molecule has 5 nitrogen and oxygen atoms in total. The zero-order valence-electron chi connectivity index (χ0n) is 16.0. The second-order valence-corrected chi connectivity index (χ2v) is 7.24. The number of carbonyl (C=O) groups is 1. The van der Waals surface area contributed by atoms with Gasteiger partial charge in [-0.15, -0.1) is 0 Å². The van der Waals surface area contributed by atoms with Gasteiger partial charge in [0, 0.05) is 0 Å². The number of amides is 1. The number of ether oxygens (including phenoxy) is 2. The Labute approximate surface area is 160 Å². The van der Waals surface area contributed by atoms with Gasteiger partial charge in [0.25, 0.3) is 0 Å². The summed E-state index contributed by atoms with van der Waals surface area (Å²) in [5.41, 5.74) is 7.57. The van der Waals surface area contributed by atoms with E-state index in [4.69, 9.17) is 15.2 Å². The fourth-order valence-corrected chi connectivity index (χ4v) is 3.46. The lowest BCUT2D eigenvalue weighted by Crippen LogP contribution is -2.52. The van der Waals surface area contributed by atoms with Crippen molar-refractivity contribution in [3.8, 4) is 11.5 Å². The van der Waals surface area contributed by atoms with Gasteiger partial charge in [-0.1, -0.05) is 49.2 Å². The molecule has 1 aliphatic carbocycles. The van der Waals surface area contributed by atoms with Crippen LogP contribution in [-0.4, -0.2) is 18.6 Å². The highest BCUT2D eigenvalue weighted by Crippen LogP contribution is 2.32. The first kappa shape index (κ1) is 19.2. The predicted octanol–water partition coefficient (Wildman–Crippen LogP) is 3.72. The molecule has 1 atom stereocenters. The number of hydrogen-bond donors (Lipinski definition) is 2. The maximum absolute atomic E-state index is 12.5. The van der Waals surface area contributed by atoms with E-state index < -0.39 is 5.54 Å². The number of carbonyl (C=O) groups excluding carboxylic acids is 1. The fraction of sp³-hybridized carbons (Fsp3) is 0.409. The van der Waals surface area contributed by atoms with Gasteiger partial charge < -0.3 is 20.5 Å². The number of rotatable bonds is 7. The van der Waals surface area contributed by atoms with Gasteiger partial charge in [0.15, 0.2) is 11.5 Å². The quantitative estimate of drug-likeness (QED) is 0.781. The highest BCUT2D eigenvalue weighted by Gasteiger charge is 2.37. The van der Waals surface area contributed by atoms with Gasteiger partial charge in [0.2, 0.25) is 5.91 Å². The van der Waals surface area contributed by atoms with Gasteiger partial charge in [0.05, 0.1) is 18.7 Å². The van der Waals surface area contributed by atoms with Crippen molar-refractivity contribution in [3.63, 3.8) is 0 Å². The Morgan fingerprint density at radius 3 is 2.52 bits per heavy atom. The molecule has 0 bridgehead atoms. The first-order valence-electron chi connectivity index (χ1n) is 9.46. The van der Waals surface area contributed by atoms with Gasteiger partial charge in [0.1, 0.15) is 6.61 Å². The van der Waals surface area contributed by atoms with E-state index in [0.29, 0.717) is 18.1 Å². The van der Waals surface area contributed by atoms with Crippen molar-refractivity contribution < 1.29 is 14.3 Å². The minimum atomic E-state index is -0.725. The molecule has 2 aromatic rings. The molecule has 1 unspecified atom stereocenters. The monoisotopic (exact) mass is 368 g/mol. The molecule has 27 heavy (non-hydrogen) atoms. The molecule has 0 aromatic heterocycles. The number of benzene rings is 2. The van der Waals surface area contributed by atoms with E-state index in [1.807, 2.05) is 55.5 Å².